The molecule has 0 saturated carbocycles. The summed E-state index contributed by atoms with van der Waals surface area (Å²) in [5.74, 6) is 0.515. The summed E-state index contributed by atoms with van der Waals surface area (Å²) >= 11 is 1.73. The van der Waals surface area contributed by atoms with Crippen LogP contribution in [0, 0.1) is 5.92 Å². The number of hydrogen-bond donors (Lipinski definition) is 2. The van der Waals surface area contributed by atoms with Crippen molar-refractivity contribution in [2.75, 3.05) is 13.2 Å². The van der Waals surface area contributed by atoms with Gasteiger partial charge in [0.2, 0.25) is 0 Å². The van der Waals surface area contributed by atoms with Crippen molar-refractivity contribution in [3.05, 3.63) is 16.1 Å². The molecule has 1 aromatic heterocycles. The summed E-state index contributed by atoms with van der Waals surface area (Å²) in [7, 11) is 0. The minimum atomic E-state index is 0.146. The molecule has 0 spiro atoms. The van der Waals surface area contributed by atoms with Crippen LogP contribution >= 0.6 is 11.3 Å². The third kappa shape index (κ3) is 5.15. The first-order valence-corrected chi connectivity index (χ1v) is 7.08. The molecular weight excluding hydrogens is 232 g/mol. The standard InChI is InChI=1S/C13H24N2OS/c1-10(5-6-16)7-14-8-11-9-17-12(15-11)13(2,3)4/h9-10,14,16H,5-8H2,1-4H3. The van der Waals surface area contributed by atoms with E-state index in [1.165, 1.54) is 5.01 Å². The van der Waals surface area contributed by atoms with E-state index in [9.17, 15) is 0 Å². The highest BCUT2D eigenvalue weighted by atomic mass is 32.1. The van der Waals surface area contributed by atoms with Gasteiger partial charge in [-0.25, -0.2) is 4.98 Å². The first kappa shape index (κ1) is 14.6. The van der Waals surface area contributed by atoms with Crippen LogP contribution in [0.2, 0.25) is 0 Å². The lowest BCUT2D eigenvalue weighted by Gasteiger charge is -2.13. The Kier molecular flexibility index (Phi) is 5.56. The summed E-state index contributed by atoms with van der Waals surface area (Å²) in [5, 5.41) is 15.5. The van der Waals surface area contributed by atoms with Gasteiger partial charge in [0.25, 0.3) is 0 Å². The van der Waals surface area contributed by atoms with Crippen LogP contribution in [-0.4, -0.2) is 23.2 Å². The van der Waals surface area contributed by atoms with Crippen LogP contribution in [0.15, 0.2) is 5.38 Å². The number of aromatic nitrogens is 1. The molecule has 1 aromatic rings. The highest BCUT2D eigenvalue weighted by Gasteiger charge is 2.17. The summed E-state index contributed by atoms with van der Waals surface area (Å²) in [6.07, 6.45) is 0.858. The van der Waals surface area contributed by atoms with E-state index in [2.05, 4.69) is 43.4 Å². The van der Waals surface area contributed by atoms with Crippen molar-refractivity contribution in [2.24, 2.45) is 5.92 Å². The second-order valence-corrected chi connectivity index (χ2v) is 6.50. The van der Waals surface area contributed by atoms with Crippen molar-refractivity contribution in [1.82, 2.24) is 10.3 Å². The van der Waals surface area contributed by atoms with Gasteiger partial charge in [0.1, 0.15) is 0 Å². The second kappa shape index (κ2) is 6.47. The molecule has 98 valence electrons. The molecule has 1 unspecified atom stereocenters. The van der Waals surface area contributed by atoms with Crippen LogP contribution in [0.1, 0.15) is 44.8 Å². The fourth-order valence-electron chi connectivity index (χ4n) is 1.50. The maximum Gasteiger partial charge on any atom is 0.0982 e. The van der Waals surface area contributed by atoms with E-state index in [0.29, 0.717) is 5.92 Å². The van der Waals surface area contributed by atoms with Crippen LogP contribution in [-0.2, 0) is 12.0 Å². The van der Waals surface area contributed by atoms with Crippen molar-refractivity contribution < 1.29 is 5.11 Å². The Balaban J connectivity index is 2.35. The molecule has 0 aliphatic carbocycles. The van der Waals surface area contributed by atoms with E-state index >= 15 is 0 Å². The molecule has 0 aliphatic heterocycles. The SMILES string of the molecule is CC(CCO)CNCc1csc(C(C)(C)C)n1. The Hall–Kier alpha value is -0.450. The molecule has 1 rings (SSSR count). The normalized spacial score (nSPS) is 13.9. The van der Waals surface area contributed by atoms with Gasteiger partial charge in [-0.2, -0.15) is 0 Å². The molecule has 3 nitrogen and oxygen atoms in total. The van der Waals surface area contributed by atoms with E-state index in [1.807, 2.05) is 0 Å². The van der Waals surface area contributed by atoms with Crippen LogP contribution < -0.4 is 5.32 Å². The Labute approximate surface area is 108 Å². The molecule has 2 N–H and O–H groups in total. The minimum Gasteiger partial charge on any atom is -0.396 e. The predicted octanol–water partition coefficient (Wildman–Crippen LogP) is 2.55. The van der Waals surface area contributed by atoms with Crippen LogP contribution in [0.5, 0.6) is 0 Å². The number of hydrogen-bond acceptors (Lipinski definition) is 4. The highest BCUT2D eigenvalue weighted by Crippen LogP contribution is 2.25. The van der Waals surface area contributed by atoms with Gasteiger partial charge in [0, 0.05) is 23.9 Å². The number of rotatable bonds is 6. The largest absolute Gasteiger partial charge is 0.396 e. The first-order chi connectivity index (χ1) is 7.93. The molecule has 0 aliphatic rings. The molecule has 1 heterocycles. The van der Waals surface area contributed by atoms with E-state index in [4.69, 9.17) is 5.11 Å². The molecule has 0 bridgehead atoms. The zero-order valence-electron chi connectivity index (χ0n) is 11.3. The van der Waals surface area contributed by atoms with Crippen molar-refractivity contribution >= 4 is 11.3 Å². The Bertz CT molecular complexity index is 330. The highest BCUT2D eigenvalue weighted by molar-refractivity contribution is 7.09. The van der Waals surface area contributed by atoms with Gasteiger partial charge < -0.3 is 10.4 Å². The fourth-order valence-corrected chi connectivity index (χ4v) is 2.41. The van der Waals surface area contributed by atoms with Crippen LogP contribution in [0.3, 0.4) is 0 Å². The number of nitrogens with one attached hydrogen (secondary N) is 1. The summed E-state index contributed by atoms with van der Waals surface area (Å²) in [5.41, 5.74) is 1.27. The van der Waals surface area contributed by atoms with Gasteiger partial charge >= 0.3 is 0 Å². The van der Waals surface area contributed by atoms with E-state index < -0.39 is 0 Å². The van der Waals surface area contributed by atoms with Gasteiger partial charge in [-0.15, -0.1) is 11.3 Å². The van der Waals surface area contributed by atoms with Crippen molar-refractivity contribution in [2.45, 2.75) is 46.1 Å². The van der Waals surface area contributed by atoms with Crippen LogP contribution in [0.25, 0.3) is 0 Å². The maximum atomic E-state index is 8.81. The lowest BCUT2D eigenvalue weighted by atomic mass is 9.98. The zero-order valence-corrected chi connectivity index (χ0v) is 12.1. The molecule has 0 aromatic carbocycles. The van der Waals surface area contributed by atoms with Gasteiger partial charge in [-0.3, -0.25) is 0 Å². The lowest BCUT2D eigenvalue weighted by Crippen LogP contribution is -2.21. The molecule has 0 fully saturated rings. The quantitative estimate of drug-likeness (QED) is 0.822. The summed E-state index contributed by atoms with van der Waals surface area (Å²) < 4.78 is 0. The number of aliphatic hydroxyl groups is 1. The Morgan fingerprint density at radius 2 is 2.18 bits per heavy atom. The monoisotopic (exact) mass is 256 g/mol. The Morgan fingerprint density at radius 3 is 2.71 bits per heavy atom. The van der Waals surface area contributed by atoms with Crippen LogP contribution in [0.4, 0.5) is 0 Å². The first-order valence-electron chi connectivity index (χ1n) is 6.20. The molecular formula is C13H24N2OS. The van der Waals surface area contributed by atoms with Gasteiger partial charge in [-0.1, -0.05) is 27.7 Å². The lowest BCUT2D eigenvalue weighted by molar-refractivity contribution is 0.260. The maximum absolute atomic E-state index is 8.81. The summed E-state index contributed by atoms with van der Waals surface area (Å²) in [6.45, 7) is 10.7. The van der Waals surface area contributed by atoms with Crippen molar-refractivity contribution in [1.29, 1.82) is 0 Å². The smallest absolute Gasteiger partial charge is 0.0982 e. The number of aliphatic hydroxyl groups excluding tert-OH is 1. The Morgan fingerprint density at radius 1 is 1.47 bits per heavy atom. The third-order valence-electron chi connectivity index (χ3n) is 2.61. The van der Waals surface area contributed by atoms with E-state index in [-0.39, 0.29) is 12.0 Å². The predicted molar refractivity (Wildman–Crippen MR) is 73.4 cm³/mol. The topological polar surface area (TPSA) is 45.1 Å². The molecule has 0 radical (unpaired) electrons. The molecule has 17 heavy (non-hydrogen) atoms. The second-order valence-electron chi connectivity index (χ2n) is 5.64. The number of nitrogens with zero attached hydrogens (tertiary/aromatic N) is 1. The summed E-state index contributed by atoms with van der Waals surface area (Å²) in [4.78, 5) is 4.63. The average molecular weight is 256 g/mol. The fraction of sp³-hybridized carbons (Fsp3) is 0.769. The van der Waals surface area contributed by atoms with E-state index in [0.717, 1.165) is 25.2 Å². The minimum absolute atomic E-state index is 0.146. The summed E-state index contributed by atoms with van der Waals surface area (Å²) in [6, 6.07) is 0. The third-order valence-corrected chi connectivity index (χ3v) is 3.93. The molecule has 4 heteroatoms. The zero-order chi connectivity index (χ0) is 12.9. The van der Waals surface area contributed by atoms with Gasteiger partial charge in [0.15, 0.2) is 0 Å². The van der Waals surface area contributed by atoms with Gasteiger partial charge in [0.05, 0.1) is 10.7 Å². The molecule has 1 atom stereocenters. The van der Waals surface area contributed by atoms with Crippen molar-refractivity contribution in [3.8, 4) is 0 Å². The van der Waals surface area contributed by atoms with Gasteiger partial charge in [-0.05, 0) is 18.9 Å². The molecule has 0 saturated heterocycles. The van der Waals surface area contributed by atoms with Crippen molar-refractivity contribution in [3.63, 3.8) is 0 Å². The van der Waals surface area contributed by atoms with E-state index in [1.54, 1.807) is 11.3 Å². The average Bonchev–Trinajstić information content (AvgIpc) is 2.66. The molecule has 0 amide bonds. The number of thiazole rings is 1.